The van der Waals surface area contributed by atoms with Gasteiger partial charge in [0.15, 0.2) is 0 Å². The van der Waals surface area contributed by atoms with Crippen LogP contribution in [0.4, 0.5) is 0 Å². The summed E-state index contributed by atoms with van der Waals surface area (Å²) < 4.78 is 0. The van der Waals surface area contributed by atoms with Crippen molar-refractivity contribution in [2.24, 2.45) is 5.92 Å². The predicted octanol–water partition coefficient (Wildman–Crippen LogP) is 0.622. The van der Waals surface area contributed by atoms with E-state index < -0.39 is 0 Å². The van der Waals surface area contributed by atoms with Crippen molar-refractivity contribution in [3.63, 3.8) is 0 Å². The lowest BCUT2D eigenvalue weighted by Gasteiger charge is -2.20. The Balaban J connectivity index is 1.70. The topological polar surface area (TPSA) is 18.5 Å². The zero-order valence-corrected chi connectivity index (χ0v) is 10.2. The van der Waals surface area contributed by atoms with Gasteiger partial charge >= 0.3 is 0 Å². The van der Waals surface area contributed by atoms with Gasteiger partial charge in [0.2, 0.25) is 0 Å². The summed E-state index contributed by atoms with van der Waals surface area (Å²) in [7, 11) is 2.09. The zero-order chi connectivity index (χ0) is 10.7. The van der Waals surface area contributed by atoms with E-state index in [-0.39, 0.29) is 0 Å². The second kappa shape index (κ2) is 5.28. The van der Waals surface area contributed by atoms with Crippen LogP contribution < -0.4 is 5.32 Å². The summed E-state index contributed by atoms with van der Waals surface area (Å²) in [6, 6.07) is 0.744. The van der Waals surface area contributed by atoms with Crippen molar-refractivity contribution in [1.29, 1.82) is 0 Å². The first-order valence-electron chi connectivity index (χ1n) is 6.43. The number of hydrogen-bond donors (Lipinski definition) is 1. The van der Waals surface area contributed by atoms with E-state index in [9.17, 15) is 0 Å². The third kappa shape index (κ3) is 2.92. The second-order valence-electron chi connectivity index (χ2n) is 5.08. The molecule has 0 aromatic carbocycles. The highest BCUT2D eigenvalue weighted by atomic mass is 15.2. The van der Waals surface area contributed by atoms with Crippen LogP contribution in [0.5, 0.6) is 0 Å². The van der Waals surface area contributed by atoms with Gasteiger partial charge in [0.25, 0.3) is 0 Å². The fraction of sp³-hybridized carbons (Fsp3) is 1.00. The zero-order valence-electron chi connectivity index (χ0n) is 10.2. The molecule has 2 fully saturated rings. The molecule has 2 unspecified atom stereocenters. The van der Waals surface area contributed by atoms with Crippen LogP contribution in [0.2, 0.25) is 0 Å². The first-order valence-corrected chi connectivity index (χ1v) is 6.43. The van der Waals surface area contributed by atoms with Gasteiger partial charge in [-0.3, -0.25) is 0 Å². The first kappa shape index (κ1) is 11.4. The minimum Gasteiger partial charge on any atom is -0.316 e. The van der Waals surface area contributed by atoms with Crippen LogP contribution in [-0.4, -0.2) is 62.2 Å². The van der Waals surface area contributed by atoms with Crippen molar-refractivity contribution in [2.45, 2.75) is 25.8 Å². The molecule has 0 aromatic heterocycles. The largest absolute Gasteiger partial charge is 0.316 e. The van der Waals surface area contributed by atoms with Crippen LogP contribution in [0, 0.1) is 5.92 Å². The Morgan fingerprint density at radius 1 is 1.13 bits per heavy atom. The summed E-state index contributed by atoms with van der Waals surface area (Å²) in [5.74, 6) is 0.931. The molecule has 0 amide bonds. The SMILES string of the molecule is CCN1CCC(CN2CCC(NC)C2)C1. The van der Waals surface area contributed by atoms with Crippen molar-refractivity contribution >= 4 is 0 Å². The standard InChI is InChI=1S/C12H25N3/c1-3-14-6-4-11(8-14)9-15-7-5-12(10-15)13-2/h11-13H,3-10H2,1-2H3. The van der Waals surface area contributed by atoms with Crippen LogP contribution in [0.1, 0.15) is 19.8 Å². The van der Waals surface area contributed by atoms with Crippen molar-refractivity contribution < 1.29 is 0 Å². The highest BCUT2D eigenvalue weighted by molar-refractivity contribution is 4.84. The number of nitrogens with one attached hydrogen (secondary N) is 1. The van der Waals surface area contributed by atoms with Crippen LogP contribution in [0.15, 0.2) is 0 Å². The van der Waals surface area contributed by atoms with Gasteiger partial charge in [-0.05, 0) is 45.4 Å². The predicted molar refractivity (Wildman–Crippen MR) is 64.1 cm³/mol. The van der Waals surface area contributed by atoms with Crippen LogP contribution >= 0.6 is 0 Å². The van der Waals surface area contributed by atoms with Gasteiger partial charge in [-0.1, -0.05) is 6.92 Å². The maximum atomic E-state index is 3.39. The molecule has 3 heteroatoms. The molecule has 3 nitrogen and oxygen atoms in total. The molecule has 2 aliphatic heterocycles. The minimum atomic E-state index is 0.744. The Labute approximate surface area is 93.8 Å². The van der Waals surface area contributed by atoms with Crippen molar-refractivity contribution in [1.82, 2.24) is 15.1 Å². The number of nitrogens with zero attached hydrogens (tertiary/aromatic N) is 2. The molecule has 0 aromatic rings. The molecule has 0 bridgehead atoms. The molecule has 2 atom stereocenters. The van der Waals surface area contributed by atoms with E-state index in [1.165, 1.54) is 52.1 Å². The first-order chi connectivity index (χ1) is 7.31. The van der Waals surface area contributed by atoms with Crippen molar-refractivity contribution in [2.75, 3.05) is 46.3 Å². The number of hydrogen-bond acceptors (Lipinski definition) is 3. The number of rotatable bonds is 4. The van der Waals surface area contributed by atoms with E-state index in [4.69, 9.17) is 0 Å². The molecule has 0 radical (unpaired) electrons. The quantitative estimate of drug-likeness (QED) is 0.735. The summed E-state index contributed by atoms with van der Waals surface area (Å²) in [6.45, 7) is 10.1. The van der Waals surface area contributed by atoms with Gasteiger partial charge < -0.3 is 15.1 Å². The average Bonchev–Trinajstić information content (AvgIpc) is 2.87. The molecule has 2 heterocycles. The molecule has 88 valence electrons. The Morgan fingerprint density at radius 2 is 1.93 bits per heavy atom. The molecule has 15 heavy (non-hydrogen) atoms. The normalized spacial score (nSPS) is 34.0. The Hall–Kier alpha value is -0.120. The van der Waals surface area contributed by atoms with Crippen LogP contribution in [0.25, 0.3) is 0 Å². The van der Waals surface area contributed by atoms with E-state index >= 15 is 0 Å². The number of likely N-dealkylation sites (tertiary alicyclic amines) is 2. The molecule has 2 aliphatic rings. The summed E-state index contributed by atoms with van der Waals surface area (Å²) in [5, 5.41) is 3.39. The lowest BCUT2D eigenvalue weighted by molar-refractivity contribution is 0.263. The second-order valence-corrected chi connectivity index (χ2v) is 5.08. The monoisotopic (exact) mass is 211 g/mol. The number of likely N-dealkylation sites (N-methyl/N-ethyl adjacent to an activating group) is 1. The van der Waals surface area contributed by atoms with Crippen molar-refractivity contribution in [3.8, 4) is 0 Å². The lowest BCUT2D eigenvalue weighted by Crippen LogP contribution is -2.33. The van der Waals surface area contributed by atoms with Gasteiger partial charge in [-0.15, -0.1) is 0 Å². The third-order valence-electron chi connectivity index (χ3n) is 4.01. The van der Waals surface area contributed by atoms with E-state index in [2.05, 4.69) is 29.1 Å². The lowest BCUT2D eigenvalue weighted by atomic mass is 10.1. The Bertz CT molecular complexity index is 175. The minimum absolute atomic E-state index is 0.744. The molecule has 0 aliphatic carbocycles. The third-order valence-corrected chi connectivity index (χ3v) is 4.01. The molecule has 2 rings (SSSR count). The smallest absolute Gasteiger partial charge is 0.0204 e. The summed E-state index contributed by atoms with van der Waals surface area (Å²) in [6.07, 6.45) is 2.75. The van der Waals surface area contributed by atoms with Crippen LogP contribution in [0.3, 0.4) is 0 Å². The van der Waals surface area contributed by atoms with Crippen LogP contribution in [-0.2, 0) is 0 Å². The van der Waals surface area contributed by atoms with E-state index in [0.29, 0.717) is 0 Å². The summed E-state index contributed by atoms with van der Waals surface area (Å²) in [5.41, 5.74) is 0. The van der Waals surface area contributed by atoms with Gasteiger partial charge in [0, 0.05) is 25.7 Å². The Kier molecular flexibility index (Phi) is 4.00. The van der Waals surface area contributed by atoms with Gasteiger partial charge in [-0.25, -0.2) is 0 Å². The summed E-state index contributed by atoms with van der Waals surface area (Å²) in [4.78, 5) is 5.22. The maximum Gasteiger partial charge on any atom is 0.0204 e. The Morgan fingerprint density at radius 3 is 2.53 bits per heavy atom. The fourth-order valence-electron chi connectivity index (χ4n) is 2.95. The van der Waals surface area contributed by atoms with E-state index in [1.807, 2.05) is 0 Å². The highest BCUT2D eigenvalue weighted by Gasteiger charge is 2.27. The van der Waals surface area contributed by atoms with Gasteiger partial charge in [0.1, 0.15) is 0 Å². The van der Waals surface area contributed by atoms with Gasteiger partial charge in [0.05, 0.1) is 0 Å². The van der Waals surface area contributed by atoms with E-state index in [0.717, 1.165) is 12.0 Å². The maximum absolute atomic E-state index is 3.39. The van der Waals surface area contributed by atoms with Gasteiger partial charge in [-0.2, -0.15) is 0 Å². The molecule has 2 saturated heterocycles. The highest BCUT2D eigenvalue weighted by Crippen LogP contribution is 2.19. The van der Waals surface area contributed by atoms with E-state index in [1.54, 1.807) is 0 Å². The molecular weight excluding hydrogens is 186 g/mol. The molecule has 1 N–H and O–H groups in total. The fourth-order valence-corrected chi connectivity index (χ4v) is 2.95. The molecule has 0 saturated carbocycles. The van der Waals surface area contributed by atoms with Crippen molar-refractivity contribution in [3.05, 3.63) is 0 Å². The average molecular weight is 211 g/mol. The molecular formula is C12H25N3. The molecule has 0 spiro atoms. The summed E-state index contributed by atoms with van der Waals surface area (Å²) >= 11 is 0.